The van der Waals surface area contributed by atoms with Crippen LogP contribution in [0.2, 0.25) is 0 Å². The van der Waals surface area contributed by atoms with Crippen LogP contribution in [0.4, 0.5) is 0 Å². The monoisotopic (exact) mass is 255 g/mol. The van der Waals surface area contributed by atoms with E-state index in [1.807, 2.05) is 0 Å². The molecule has 0 amide bonds. The lowest BCUT2D eigenvalue weighted by atomic mass is 9.95. The molecule has 0 aliphatic carbocycles. The van der Waals surface area contributed by atoms with Gasteiger partial charge in [-0.05, 0) is 26.2 Å². The number of alkyl halides is 1. The highest BCUT2D eigenvalue weighted by atomic mass is 35.5. The minimum Gasteiger partial charge on any atom is -0.390 e. The molecule has 6 heteroatoms. The van der Waals surface area contributed by atoms with Crippen LogP contribution in [0.1, 0.15) is 26.2 Å². The molecule has 0 aromatic carbocycles. The van der Waals surface area contributed by atoms with Gasteiger partial charge in [-0.3, -0.25) is 0 Å². The first-order valence-electron chi connectivity index (χ1n) is 5.14. The summed E-state index contributed by atoms with van der Waals surface area (Å²) in [6.45, 7) is 2.57. The summed E-state index contributed by atoms with van der Waals surface area (Å²) < 4.78 is 24.9. The lowest BCUT2D eigenvalue weighted by Crippen LogP contribution is -2.45. The highest BCUT2D eigenvalue weighted by Gasteiger charge is 2.32. The normalized spacial score (nSPS) is 22.9. The molecule has 0 spiro atoms. The van der Waals surface area contributed by atoms with Crippen molar-refractivity contribution in [3.8, 4) is 0 Å². The molecular weight excluding hydrogens is 238 g/mol. The lowest BCUT2D eigenvalue weighted by molar-refractivity contribution is 0.0126. The van der Waals surface area contributed by atoms with Gasteiger partial charge in [-0.15, -0.1) is 11.6 Å². The van der Waals surface area contributed by atoms with Crippen molar-refractivity contribution in [1.82, 2.24) is 4.31 Å². The van der Waals surface area contributed by atoms with E-state index in [1.54, 1.807) is 6.92 Å². The fourth-order valence-corrected chi connectivity index (χ4v) is 3.41. The van der Waals surface area contributed by atoms with Crippen molar-refractivity contribution in [2.24, 2.45) is 0 Å². The Morgan fingerprint density at radius 1 is 1.40 bits per heavy atom. The maximum Gasteiger partial charge on any atom is 0.214 e. The number of rotatable bonds is 4. The molecule has 1 rings (SSSR count). The Kier molecular flexibility index (Phi) is 4.40. The van der Waals surface area contributed by atoms with Crippen LogP contribution in [0.15, 0.2) is 0 Å². The molecule has 1 aliphatic rings. The van der Waals surface area contributed by atoms with E-state index in [4.69, 9.17) is 11.6 Å². The predicted octanol–water partition coefficient (Wildman–Crippen LogP) is 0.792. The Morgan fingerprint density at radius 3 is 2.40 bits per heavy atom. The quantitative estimate of drug-likeness (QED) is 0.756. The number of hydrogen-bond acceptors (Lipinski definition) is 3. The third-order valence-electron chi connectivity index (χ3n) is 2.73. The molecule has 0 radical (unpaired) electrons. The number of nitrogens with zero attached hydrogens (tertiary/aromatic N) is 1. The zero-order valence-corrected chi connectivity index (χ0v) is 10.5. The third kappa shape index (κ3) is 3.90. The Balaban J connectivity index is 2.52. The third-order valence-corrected chi connectivity index (χ3v) is 4.95. The molecule has 1 fully saturated rings. The standard InChI is InChI=1S/C9H18ClNO3S/c1-9(12)3-6-11(7-4-9)15(13,14)8-2-5-10/h12H,2-8H2,1H3. The molecule has 0 bridgehead atoms. The van der Waals surface area contributed by atoms with Gasteiger partial charge in [-0.2, -0.15) is 0 Å². The van der Waals surface area contributed by atoms with E-state index in [0.717, 1.165) is 0 Å². The Morgan fingerprint density at radius 2 is 1.93 bits per heavy atom. The van der Waals surface area contributed by atoms with Crippen molar-refractivity contribution in [3.63, 3.8) is 0 Å². The summed E-state index contributed by atoms with van der Waals surface area (Å²) in [7, 11) is -3.16. The first-order chi connectivity index (χ1) is 6.87. The van der Waals surface area contributed by atoms with E-state index >= 15 is 0 Å². The highest BCUT2D eigenvalue weighted by Crippen LogP contribution is 2.23. The number of halogens is 1. The topological polar surface area (TPSA) is 57.6 Å². The highest BCUT2D eigenvalue weighted by molar-refractivity contribution is 7.89. The van der Waals surface area contributed by atoms with Crippen LogP contribution in [-0.2, 0) is 10.0 Å². The summed E-state index contributed by atoms with van der Waals surface area (Å²) in [5.41, 5.74) is -0.710. The second-order valence-electron chi connectivity index (χ2n) is 4.25. The smallest absolute Gasteiger partial charge is 0.214 e. The van der Waals surface area contributed by atoms with Crippen molar-refractivity contribution in [3.05, 3.63) is 0 Å². The van der Waals surface area contributed by atoms with Crippen LogP contribution in [0.25, 0.3) is 0 Å². The van der Waals surface area contributed by atoms with E-state index < -0.39 is 15.6 Å². The zero-order valence-electron chi connectivity index (χ0n) is 8.95. The van der Waals surface area contributed by atoms with E-state index in [9.17, 15) is 13.5 Å². The van der Waals surface area contributed by atoms with Crippen molar-refractivity contribution in [1.29, 1.82) is 0 Å². The molecule has 1 N–H and O–H groups in total. The molecule has 0 unspecified atom stereocenters. The maximum atomic E-state index is 11.7. The molecule has 0 atom stereocenters. The molecule has 0 saturated carbocycles. The summed E-state index contributed by atoms with van der Waals surface area (Å²) in [5.74, 6) is 0.476. The average Bonchev–Trinajstić information content (AvgIpc) is 2.14. The minimum atomic E-state index is -3.16. The molecule has 15 heavy (non-hydrogen) atoms. The molecule has 0 aromatic rings. The predicted molar refractivity (Wildman–Crippen MR) is 60.6 cm³/mol. The fraction of sp³-hybridized carbons (Fsp3) is 1.00. The second-order valence-corrected chi connectivity index (χ2v) is 6.72. The second kappa shape index (κ2) is 4.99. The van der Waals surface area contributed by atoms with Gasteiger partial charge in [-0.1, -0.05) is 0 Å². The Hall–Kier alpha value is 0.160. The summed E-state index contributed by atoms with van der Waals surface area (Å²) in [4.78, 5) is 0. The number of hydrogen-bond donors (Lipinski definition) is 1. The number of sulfonamides is 1. The SMILES string of the molecule is CC1(O)CCN(S(=O)(=O)CCCCl)CC1. The van der Waals surface area contributed by atoms with Crippen molar-refractivity contribution < 1.29 is 13.5 Å². The molecule has 90 valence electrons. The van der Waals surface area contributed by atoms with Crippen LogP contribution in [0, 0.1) is 0 Å². The fourth-order valence-electron chi connectivity index (χ4n) is 1.61. The average molecular weight is 256 g/mol. The van der Waals surface area contributed by atoms with E-state index in [1.165, 1.54) is 4.31 Å². The minimum absolute atomic E-state index is 0.110. The van der Waals surface area contributed by atoms with Gasteiger partial charge in [0, 0.05) is 19.0 Å². The van der Waals surface area contributed by atoms with Crippen LogP contribution in [0.5, 0.6) is 0 Å². The van der Waals surface area contributed by atoms with Crippen LogP contribution in [0.3, 0.4) is 0 Å². The summed E-state index contributed by atoms with van der Waals surface area (Å²) in [6, 6.07) is 0. The van der Waals surface area contributed by atoms with Crippen LogP contribution < -0.4 is 0 Å². The lowest BCUT2D eigenvalue weighted by Gasteiger charge is -2.34. The van der Waals surface area contributed by atoms with Gasteiger partial charge in [0.25, 0.3) is 0 Å². The van der Waals surface area contributed by atoms with Crippen molar-refractivity contribution >= 4 is 21.6 Å². The first kappa shape index (κ1) is 13.2. The summed E-state index contributed by atoms with van der Waals surface area (Å²) in [6.07, 6.45) is 1.50. The van der Waals surface area contributed by atoms with Crippen LogP contribution >= 0.6 is 11.6 Å². The van der Waals surface area contributed by atoms with Crippen LogP contribution in [-0.4, -0.2) is 48.2 Å². The van der Waals surface area contributed by atoms with Gasteiger partial charge in [0.1, 0.15) is 0 Å². The number of aliphatic hydroxyl groups is 1. The van der Waals surface area contributed by atoms with Crippen molar-refractivity contribution in [2.45, 2.75) is 31.8 Å². The molecule has 4 nitrogen and oxygen atoms in total. The maximum absolute atomic E-state index is 11.7. The summed E-state index contributed by atoms with van der Waals surface area (Å²) >= 11 is 5.47. The van der Waals surface area contributed by atoms with Gasteiger partial charge in [0.05, 0.1) is 11.4 Å². The molecule has 0 aromatic heterocycles. The van der Waals surface area contributed by atoms with Gasteiger partial charge < -0.3 is 5.11 Å². The zero-order chi connectivity index (χ0) is 11.5. The van der Waals surface area contributed by atoms with E-state index in [-0.39, 0.29) is 5.75 Å². The largest absolute Gasteiger partial charge is 0.390 e. The van der Waals surface area contributed by atoms with Gasteiger partial charge in [0.15, 0.2) is 0 Å². The van der Waals surface area contributed by atoms with Gasteiger partial charge >= 0.3 is 0 Å². The van der Waals surface area contributed by atoms with E-state index in [0.29, 0.717) is 38.2 Å². The van der Waals surface area contributed by atoms with E-state index in [2.05, 4.69) is 0 Å². The molecule has 1 heterocycles. The first-order valence-corrected chi connectivity index (χ1v) is 7.28. The molecular formula is C9H18ClNO3S. The van der Waals surface area contributed by atoms with Gasteiger partial charge in [-0.25, -0.2) is 12.7 Å². The summed E-state index contributed by atoms with van der Waals surface area (Å²) in [5, 5.41) is 9.69. The van der Waals surface area contributed by atoms with Gasteiger partial charge in [0.2, 0.25) is 10.0 Å². The van der Waals surface area contributed by atoms with Crippen molar-refractivity contribution in [2.75, 3.05) is 24.7 Å². The Labute approximate surface area is 96.3 Å². The molecule has 1 saturated heterocycles. The Bertz CT molecular complexity index is 292. The molecule has 1 aliphatic heterocycles. The number of piperidine rings is 1.